The Morgan fingerprint density at radius 2 is 2.17 bits per heavy atom. The van der Waals surface area contributed by atoms with Crippen LogP contribution in [-0.2, 0) is 0 Å². The van der Waals surface area contributed by atoms with Gasteiger partial charge in [0.15, 0.2) is 0 Å². The highest BCUT2D eigenvalue weighted by Crippen LogP contribution is 2.32. The third-order valence-corrected chi connectivity index (χ3v) is 3.03. The lowest BCUT2D eigenvalue weighted by Crippen LogP contribution is -1.95. The molecule has 0 aliphatic carbocycles. The number of rotatable bonds is 0. The molecule has 2 heterocycles. The molecule has 2 nitrogen and oxygen atoms in total. The number of aromatic nitrogens is 2. The fraction of sp³-hybridized carbons (Fsp3) is 0.143. The van der Waals surface area contributed by atoms with Crippen LogP contribution in [0.4, 0.5) is 0 Å². The molecule has 5 heteroatoms. The molecule has 1 aromatic rings. The summed E-state index contributed by atoms with van der Waals surface area (Å²) in [5, 5.41) is 0.644. The van der Waals surface area contributed by atoms with Crippen LogP contribution in [0, 0.1) is 0 Å². The molecule has 0 atom stereocenters. The highest BCUT2D eigenvalue weighted by atomic mass is 35.5. The van der Waals surface area contributed by atoms with E-state index in [1.54, 1.807) is 11.8 Å². The van der Waals surface area contributed by atoms with Gasteiger partial charge in [0.05, 0.1) is 10.6 Å². The zero-order valence-corrected chi connectivity index (χ0v) is 8.25. The Bertz CT molecular complexity index is 352. The Morgan fingerprint density at radius 1 is 1.33 bits per heavy atom. The quantitative estimate of drug-likeness (QED) is 0.495. The summed E-state index contributed by atoms with van der Waals surface area (Å²) in [5.74, 6) is 0.914. The third kappa shape index (κ3) is 1.44. The molecule has 0 aromatic carbocycles. The summed E-state index contributed by atoms with van der Waals surface area (Å²) in [5.41, 5.74) is 0.816. The molecule has 0 unspecified atom stereocenters. The summed E-state index contributed by atoms with van der Waals surface area (Å²) >= 11 is 13.1. The monoisotopic (exact) mass is 218 g/mol. The summed E-state index contributed by atoms with van der Waals surface area (Å²) in [6.07, 6.45) is 3.93. The predicted molar refractivity (Wildman–Crippen MR) is 51.8 cm³/mol. The summed E-state index contributed by atoms with van der Waals surface area (Å²) in [6.45, 7) is 0. The van der Waals surface area contributed by atoms with Gasteiger partial charge in [-0.2, -0.15) is 0 Å². The van der Waals surface area contributed by atoms with Gasteiger partial charge in [0.1, 0.15) is 5.15 Å². The number of hydrogen-bond acceptors (Lipinski definition) is 3. The van der Waals surface area contributed by atoms with Crippen molar-refractivity contribution in [2.75, 3.05) is 5.75 Å². The Morgan fingerprint density at radius 3 is 3.00 bits per heavy atom. The molecule has 1 aromatic heterocycles. The number of fused-ring (bicyclic) bond motifs is 1. The number of hydrogen-bond donors (Lipinski definition) is 0. The maximum Gasteiger partial charge on any atom is 0.224 e. The molecule has 0 spiro atoms. The van der Waals surface area contributed by atoms with E-state index in [9.17, 15) is 0 Å². The summed E-state index contributed by atoms with van der Waals surface area (Å²) in [7, 11) is 0. The van der Waals surface area contributed by atoms with Crippen LogP contribution in [0.15, 0.2) is 11.0 Å². The zero-order chi connectivity index (χ0) is 8.55. The van der Waals surface area contributed by atoms with E-state index in [1.807, 2.05) is 12.2 Å². The maximum atomic E-state index is 5.86. The van der Waals surface area contributed by atoms with Gasteiger partial charge in [-0.05, 0) is 17.7 Å². The van der Waals surface area contributed by atoms with Gasteiger partial charge in [0, 0.05) is 5.75 Å². The lowest BCUT2D eigenvalue weighted by molar-refractivity contribution is 1.08. The fourth-order valence-corrected chi connectivity index (χ4v) is 2.30. The van der Waals surface area contributed by atoms with Crippen LogP contribution in [0.1, 0.15) is 5.69 Å². The number of nitrogens with zero attached hydrogens (tertiary/aromatic N) is 2. The Hall–Kier alpha value is -0.250. The van der Waals surface area contributed by atoms with Crippen LogP contribution < -0.4 is 0 Å². The van der Waals surface area contributed by atoms with E-state index in [2.05, 4.69) is 9.97 Å². The van der Waals surface area contributed by atoms with Gasteiger partial charge in [0.2, 0.25) is 5.28 Å². The van der Waals surface area contributed by atoms with E-state index in [-0.39, 0.29) is 5.28 Å². The van der Waals surface area contributed by atoms with E-state index in [0.29, 0.717) is 5.15 Å². The molecule has 2 rings (SSSR count). The summed E-state index contributed by atoms with van der Waals surface area (Å²) in [4.78, 5) is 8.81. The van der Waals surface area contributed by atoms with Crippen LogP contribution in [-0.4, -0.2) is 15.7 Å². The van der Waals surface area contributed by atoms with E-state index >= 15 is 0 Å². The second kappa shape index (κ2) is 3.24. The van der Waals surface area contributed by atoms with Gasteiger partial charge in [-0.1, -0.05) is 17.7 Å². The summed E-state index contributed by atoms with van der Waals surface area (Å²) in [6, 6.07) is 0. The normalized spacial score (nSPS) is 14.5. The average Bonchev–Trinajstić information content (AvgIpc) is 2.04. The highest BCUT2D eigenvalue weighted by molar-refractivity contribution is 7.99. The minimum absolute atomic E-state index is 0.200. The second-order valence-electron chi connectivity index (χ2n) is 2.21. The first-order valence-corrected chi connectivity index (χ1v) is 5.04. The number of halogens is 2. The van der Waals surface area contributed by atoms with Gasteiger partial charge in [-0.3, -0.25) is 0 Å². The topological polar surface area (TPSA) is 25.8 Å². The van der Waals surface area contributed by atoms with E-state index in [1.165, 1.54) is 0 Å². The average molecular weight is 219 g/mol. The Labute approximate surface area is 84.0 Å². The van der Waals surface area contributed by atoms with Gasteiger partial charge in [-0.15, -0.1) is 11.8 Å². The third-order valence-electron chi connectivity index (χ3n) is 1.42. The predicted octanol–water partition coefficient (Wildman–Crippen LogP) is 2.90. The highest BCUT2D eigenvalue weighted by Gasteiger charge is 2.12. The molecule has 0 fully saturated rings. The zero-order valence-electron chi connectivity index (χ0n) is 5.92. The molecule has 62 valence electrons. The first-order chi connectivity index (χ1) is 5.77. The lowest BCUT2D eigenvalue weighted by atomic mass is 10.3. The van der Waals surface area contributed by atoms with Gasteiger partial charge in [0.25, 0.3) is 0 Å². The van der Waals surface area contributed by atoms with Gasteiger partial charge < -0.3 is 0 Å². The van der Waals surface area contributed by atoms with Crippen LogP contribution in [0.25, 0.3) is 6.08 Å². The molecule has 0 radical (unpaired) electrons. The molecule has 0 amide bonds. The lowest BCUT2D eigenvalue weighted by Gasteiger charge is -2.09. The first kappa shape index (κ1) is 8.35. The minimum Gasteiger partial charge on any atom is -0.217 e. The molecule has 12 heavy (non-hydrogen) atoms. The number of thioether (sulfide) groups is 1. The molecule has 0 saturated heterocycles. The SMILES string of the molecule is Clc1nc(Cl)c2c(n1)C=CCS2. The van der Waals surface area contributed by atoms with Crippen LogP contribution in [0.5, 0.6) is 0 Å². The fourth-order valence-electron chi connectivity index (χ4n) is 0.950. The van der Waals surface area contributed by atoms with E-state index < -0.39 is 0 Å². The van der Waals surface area contributed by atoms with Crippen LogP contribution in [0.3, 0.4) is 0 Å². The summed E-state index contributed by atoms with van der Waals surface area (Å²) < 4.78 is 0. The molecular weight excluding hydrogens is 215 g/mol. The van der Waals surface area contributed by atoms with Crippen molar-refractivity contribution in [3.63, 3.8) is 0 Å². The molecular formula is C7H4Cl2N2S. The smallest absolute Gasteiger partial charge is 0.217 e. The molecule has 1 aliphatic rings. The molecule has 0 bridgehead atoms. The van der Waals surface area contributed by atoms with Crippen molar-refractivity contribution in [1.29, 1.82) is 0 Å². The van der Waals surface area contributed by atoms with Crippen molar-refractivity contribution < 1.29 is 0 Å². The molecule has 0 saturated carbocycles. The maximum absolute atomic E-state index is 5.86. The minimum atomic E-state index is 0.200. The van der Waals surface area contributed by atoms with Crippen LogP contribution in [0.2, 0.25) is 10.4 Å². The van der Waals surface area contributed by atoms with Crippen molar-refractivity contribution in [2.24, 2.45) is 0 Å². The largest absolute Gasteiger partial charge is 0.224 e. The standard InChI is InChI=1S/C7H4Cl2N2S/c8-6-5-4(2-1-3-12-5)10-7(9)11-6/h1-2H,3H2. The van der Waals surface area contributed by atoms with Crippen LogP contribution >= 0.6 is 35.0 Å². The van der Waals surface area contributed by atoms with Crippen molar-refractivity contribution >= 4 is 41.0 Å². The Balaban J connectivity index is 2.62. The van der Waals surface area contributed by atoms with Crippen molar-refractivity contribution in [3.05, 3.63) is 22.2 Å². The first-order valence-electron chi connectivity index (χ1n) is 3.30. The van der Waals surface area contributed by atoms with E-state index in [0.717, 1.165) is 16.3 Å². The van der Waals surface area contributed by atoms with Gasteiger partial charge >= 0.3 is 0 Å². The molecule has 1 aliphatic heterocycles. The second-order valence-corrected chi connectivity index (χ2v) is 3.94. The molecule has 0 N–H and O–H groups in total. The van der Waals surface area contributed by atoms with E-state index in [4.69, 9.17) is 23.2 Å². The van der Waals surface area contributed by atoms with Crippen molar-refractivity contribution in [1.82, 2.24) is 9.97 Å². The van der Waals surface area contributed by atoms with Crippen molar-refractivity contribution in [2.45, 2.75) is 4.90 Å². The Kier molecular flexibility index (Phi) is 2.26. The van der Waals surface area contributed by atoms with Gasteiger partial charge in [-0.25, -0.2) is 9.97 Å². The van der Waals surface area contributed by atoms with Crippen molar-refractivity contribution in [3.8, 4) is 0 Å².